The number of benzene rings is 2. The first-order valence-electron chi connectivity index (χ1n) is 18.5. The van der Waals surface area contributed by atoms with Crippen LogP contribution in [0.2, 0.25) is 0 Å². The lowest BCUT2D eigenvalue weighted by molar-refractivity contribution is 0.109. The first-order valence-corrected chi connectivity index (χ1v) is 15.0. The molecule has 2 aromatic carbocycles. The van der Waals surface area contributed by atoms with E-state index in [9.17, 15) is 13.9 Å². The molecule has 47 heavy (non-hydrogen) atoms. The Morgan fingerprint density at radius 2 is 2.11 bits per heavy atom. The number of pyridine rings is 1. The van der Waals surface area contributed by atoms with Crippen LogP contribution in [-0.4, -0.2) is 90.4 Å². The van der Waals surface area contributed by atoms with Gasteiger partial charge in [0.25, 0.3) is 0 Å². The quantitative estimate of drug-likeness (QED) is 0.238. The van der Waals surface area contributed by atoms with Crippen molar-refractivity contribution in [2.75, 3.05) is 58.1 Å². The molecule has 9 nitrogen and oxygen atoms in total. The zero-order valence-corrected chi connectivity index (χ0v) is 25.4. The molecule has 3 fully saturated rings. The number of likely N-dealkylation sites (tertiary alicyclic amines) is 1. The fourth-order valence-corrected chi connectivity index (χ4v) is 6.65. The molecule has 2 saturated heterocycles. The average Bonchev–Trinajstić information content (AvgIpc) is 3.78. The predicted octanol–water partition coefficient (Wildman–Crippen LogP) is 6.05. The van der Waals surface area contributed by atoms with Crippen molar-refractivity contribution in [2.24, 2.45) is 11.3 Å². The van der Waals surface area contributed by atoms with Crippen LogP contribution < -0.4 is 14.4 Å². The van der Waals surface area contributed by atoms with Crippen molar-refractivity contribution < 1.29 is 46.5 Å². The second-order valence-corrected chi connectivity index (χ2v) is 12.2. The number of phenols is 1. The van der Waals surface area contributed by atoms with Crippen LogP contribution in [0, 0.1) is 24.1 Å². The molecule has 13 heteroatoms. The van der Waals surface area contributed by atoms with Crippen LogP contribution in [0.25, 0.3) is 32.9 Å². The van der Waals surface area contributed by atoms with Gasteiger partial charge in [-0.25, -0.2) is 17.6 Å². The average molecular weight is 661 g/mol. The van der Waals surface area contributed by atoms with Gasteiger partial charge in [0.05, 0.1) is 44.9 Å². The van der Waals surface area contributed by atoms with Crippen LogP contribution in [0.4, 0.5) is 23.4 Å². The molecule has 0 radical (unpaired) electrons. The number of hydrogen-bond donors (Lipinski definition) is 1. The molecule has 2 aliphatic heterocycles. The second-order valence-electron chi connectivity index (χ2n) is 12.2. The summed E-state index contributed by atoms with van der Waals surface area (Å²) in [6.07, 6.45) is 0.210. The Kier molecular flexibility index (Phi) is 6.17. The van der Waals surface area contributed by atoms with Gasteiger partial charge in [0.15, 0.2) is 11.6 Å². The largest absolute Gasteiger partial charge is 0.508 e. The van der Waals surface area contributed by atoms with E-state index in [1.165, 1.54) is 31.3 Å². The highest BCUT2D eigenvalue weighted by atomic mass is 19.1. The third kappa shape index (κ3) is 5.48. The summed E-state index contributed by atoms with van der Waals surface area (Å²) in [6, 6.07) is 3.41. The second kappa shape index (κ2) is 12.1. The normalized spacial score (nSPS) is 28.7. The molecule has 4 atom stereocenters. The number of nitrogens with zero attached hydrogens (tertiary/aromatic N) is 5. The molecule has 0 unspecified atom stereocenters. The molecule has 3 aliphatic rings. The summed E-state index contributed by atoms with van der Waals surface area (Å²) in [5.74, 6) is -2.57. The summed E-state index contributed by atoms with van der Waals surface area (Å²) >= 11 is 0. The Hall–Kier alpha value is -4.23. The fraction of sp³-hybridized carbons (Fsp3) is 0.441. The van der Waals surface area contributed by atoms with E-state index in [4.69, 9.17) is 23.8 Å². The number of fused-ring (bicyclic) bond motifs is 3. The van der Waals surface area contributed by atoms with E-state index in [0.717, 1.165) is 11.0 Å². The van der Waals surface area contributed by atoms with Crippen LogP contribution in [-0.2, 0) is 4.74 Å². The molecule has 1 saturated carbocycles. The SMILES string of the molecule is [2H]C([2H])(F)Oc1c(F)ccc2cc(O)cc(-c3ncc4c(N5CCOC[C@H]6[C@H](F)[C@H]65)nc(OC([2H])([2H])[C@]5(C)CN(C([2H])([2H])[2H])CC/C5=C\F)nc4c3C)c12. The van der Waals surface area contributed by atoms with Crippen LogP contribution >= 0.6 is 0 Å². The Morgan fingerprint density at radius 3 is 2.89 bits per heavy atom. The molecule has 4 heterocycles. The highest BCUT2D eigenvalue weighted by molar-refractivity contribution is 6.04. The molecule has 0 bridgehead atoms. The van der Waals surface area contributed by atoms with Crippen molar-refractivity contribution in [2.45, 2.75) is 32.5 Å². The van der Waals surface area contributed by atoms with Crippen molar-refractivity contribution in [3.8, 4) is 28.8 Å². The number of alkyl halides is 2. The standard InChI is InChI=1S/C34H35F4N5O4/c1-18-28(22-11-21(44)10-19-4-5-25(37)31(26(19)22)47-17-36)39-13-23-29(18)40-33(46-16-34(2)15-42(3)7-6-20(34)12-35)41-32(23)43-8-9-45-14-24-27(38)30(24)43/h4-5,10-13,24,27,30,44H,6-9,14-17H2,1-3H3/b20-12+/t24-,27-,30-,34-/m0/s1/i3D3,16D2,17D2. The zero-order chi connectivity index (χ0) is 39.1. The topological polar surface area (TPSA) is 93.1 Å². The maximum Gasteiger partial charge on any atom is 0.318 e. The summed E-state index contributed by atoms with van der Waals surface area (Å²) in [4.78, 5) is 16.4. The fourth-order valence-electron chi connectivity index (χ4n) is 6.65. The molecular formula is C34H35F4N5O4. The summed E-state index contributed by atoms with van der Waals surface area (Å²) < 4.78 is 132. The number of hydrogen-bond acceptors (Lipinski definition) is 9. The van der Waals surface area contributed by atoms with Crippen molar-refractivity contribution in [3.05, 3.63) is 53.7 Å². The van der Waals surface area contributed by atoms with E-state index in [-0.39, 0.29) is 94.7 Å². The van der Waals surface area contributed by atoms with Crippen molar-refractivity contribution in [1.82, 2.24) is 19.9 Å². The number of piperidine rings is 1. The van der Waals surface area contributed by atoms with Gasteiger partial charge < -0.3 is 29.1 Å². The molecule has 0 spiro atoms. The van der Waals surface area contributed by atoms with Gasteiger partial charge in [-0.1, -0.05) is 13.0 Å². The number of halogens is 4. The molecule has 0 amide bonds. The third-order valence-electron chi connectivity index (χ3n) is 9.16. The number of aromatic hydroxyl groups is 1. The van der Waals surface area contributed by atoms with Gasteiger partial charge >= 0.3 is 6.01 Å². The van der Waals surface area contributed by atoms with Gasteiger partial charge in [-0.05, 0) is 49.5 Å². The monoisotopic (exact) mass is 660 g/mol. The highest BCUT2D eigenvalue weighted by Crippen LogP contribution is 2.46. The van der Waals surface area contributed by atoms with Crippen molar-refractivity contribution in [1.29, 1.82) is 0 Å². The number of aryl methyl sites for hydroxylation is 1. The van der Waals surface area contributed by atoms with Crippen molar-refractivity contribution in [3.63, 3.8) is 0 Å². The summed E-state index contributed by atoms with van der Waals surface area (Å²) in [5.41, 5.74) is -1.53. The molecule has 4 aromatic rings. The van der Waals surface area contributed by atoms with Crippen molar-refractivity contribution >= 4 is 27.5 Å². The number of rotatable bonds is 7. The van der Waals surface area contributed by atoms with Gasteiger partial charge in [0.2, 0.25) is 6.81 Å². The zero-order valence-electron chi connectivity index (χ0n) is 32.4. The Morgan fingerprint density at radius 1 is 1.26 bits per heavy atom. The number of aromatic nitrogens is 3. The number of phenolic OH excluding ortho intramolecular Hbond substituents is 1. The lowest BCUT2D eigenvalue weighted by atomic mass is 9.78. The van der Waals surface area contributed by atoms with Gasteiger partial charge in [0.1, 0.15) is 27.0 Å². The molecule has 248 valence electrons. The third-order valence-corrected chi connectivity index (χ3v) is 9.16. The first-order chi connectivity index (χ1) is 25.2. The van der Waals surface area contributed by atoms with E-state index in [0.29, 0.717) is 0 Å². The van der Waals surface area contributed by atoms with E-state index in [2.05, 4.69) is 15.0 Å². The summed E-state index contributed by atoms with van der Waals surface area (Å²) in [6.45, 7) is -6.30. The van der Waals surface area contributed by atoms with Crippen LogP contribution in [0.15, 0.2) is 42.4 Å². The lowest BCUT2D eigenvalue weighted by Gasteiger charge is -2.40. The maximum absolute atomic E-state index is 15.2. The molecule has 1 N–H and O–H groups in total. The number of ether oxygens (including phenoxy) is 3. The van der Waals surface area contributed by atoms with Gasteiger partial charge in [-0.3, -0.25) is 4.98 Å². The minimum absolute atomic E-state index is 0.00689. The van der Waals surface area contributed by atoms with Gasteiger partial charge in [-0.2, -0.15) is 9.97 Å². The van der Waals surface area contributed by atoms with Crippen LogP contribution in [0.1, 0.15) is 28.5 Å². The first kappa shape index (κ1) is 24.0. The summed E-state index contributed by atoms with van der Waals surface area (Å²) in [5, 5.41) is 11.0. The lowest BCUT2D eigenvalue weighted by Crippen LogP contribution is -2.44. The smallest absolute Gasteiger partial charge is 0.318 e. The Balaban J connectivity index is 1.43. The van der Waals surface area contributed by atoms with Gasteiger partial charge in [-0.15, -0.1) is 0 Å². The predicted molar refractivity (Wildman–Crippen MR) is 168 cm³/mol. The van der Waals surface area contributed by atoms with E-state index >= 15 is 8.78 Å². The van der Waals surface area contributed by atoms with Crippen LogP contribution in [0.3, 0.4) is 0 Å². The van der Waals surface area contributed by atoms with E-state index < -0.39 is 68.0 Å². The minimum Gasteiger partial charge on any atom is -0.508 e. The molecule has 2 aromatic heterocycles. The van der Waals surface area contributed by atoms with E-state index in [1.807, 2.05) is 0 Å². The van der Waals surface area contributed by atoms with Crippen LogP contribution in [0.5, 0.6) is 17.5 Å². The molecule has 7 rings (SSSR count). The number of anilines is 1. The maximum atomic E-state index is 15.2. The highest BCUT2D eigenvalue weighted by Gasteiger charge is 2.56. The Bertz CT molecular complexity index is 2180. The van der Waals surface area contributed by atoms with Gasteiger partial charge in [0, 0.05) is 57.8 Å². The summed E-state index contributed by atoms with van der Waals surface area (Å²) in [7, 11) is 0. The molecule has 1 aliphatic carbocycles. The van der Waals surface area contributed by atoms with E-state index in [1.54, 1.807) is 11.8 Å². The minimum atomic E-state index is -3.79. The Labute approximate surface area is 278 Å². The molecular weight excluding hydrogens is 618 g/mol.